The molecule has 6 heteroatoms. The molecule has 0 aliphatic rings. The Bertz CT molecular complexity index is 424. The standard InChI is InChI=1S/C15H25ClN4.HI/c1-4-17-15(18-10-7-11-20(2)3)19-12-13-8-5-6-9-14(13)16;/h5-6,8-9H,4,7,10-12H2,1-3H3,(H2,17,18,19);1H. The minimum atomic E-state index is 0. The van der Waals surface area contributed by atoms with Gasteiger partial charge in [0, 0.05) is 18.1 Å². The van der Waals surface area contributed by atoms with Crippen LogP contribution in [0, 0.1) is 0 Å². The van der Waals surface area contributed by atoms with Crippen LogP contribution in [-0.4, -0.2) is 44.6 Å². The van der Waals surface area contributed by atoms with Crippen molar-refractivity contribution in [2.75, 3.05) is 33.7 Å². The summed E-state index contributed by atoms with van der Waals surface area (Å²) in [6, 6.07) is 7.81. The smallest absolute Gasteiger partial charge is 0.191 e. The van der Waals surface area contributed by atoms with Crippen LogP contribution in [0.1, 0.15) is 18.9 Å². The highest BCUT2D eigenvalue weighted by Crippen LogP contribution is 2.15. The van der Waals surface area contributed by atoms with E-state index in [1.165, 1.54) is 0 Å². The lowest BCUT2D eigenvalue weighted by Crippen LogP contribution is -2.38. The number of nitrogens with one attached hydrogen (secondary N) is 2. The highest BCUT2D eigenvalue weighted by molar-refractivity contribution is 14.0. The number of hydrogen-bond acceptors (Lipinski definition) is 2. The zero-order valence-electron chi connectivity index (χ0n) is 13.0. The van der Waals surface area contributed by atoms with Gasteiger partial charge < -0.3 is 15.5 Å². The zero-order chi connectivity index (χ0) is 14.8. The van der Waals surface area contributed by atoms with Gasteiger partial charge in [0.15, 0.2) is 5.96 Å². The maximum atomic E-state index is 6.13. The minimum absolute atomic E-state index is 0. The minimum Gasteiger partial charge on any atom is -0.357 e. The molecule has 1 aromatic carbocycles. The molecule has 0 fully saturated rings. The van der Waals surface area contributed by atoms with E-state index in [4.69, 9.17) is 11.6 Å². The topological polar surface area (TPSA) is 39.7 Å². The first-order chi connectivity index (χ1) is 9.63. The van der Waals surface area contributed by atoms with E-state index >= 15 is 0 Å². The van der Waals surface area contributed by atoms with Gasteiger partial charge in [0.05, 0.1) is 6.54 Å². The van der Waals surface area contributed by atoms with Crippen LogP contribution < -0.4 is 10.6 Å². The summed E-state index contributed by atoms with van der Waals surface area (Å²) in [5.41, 5.74) is 1.04. The number of hydrogen-bond donors (Lipinski definition) is 2. The van der Waals surface area contributed by atoms with Crippen LogP contribution in [0.5, 0.6) is 0 Å². The number of benzene rings is 1. The van der Waals surface area contributed by atoms with Gasteiger partial charge in [-0.2, -0.15) is 0 Å². The summed E-state index contributed by atoms with van der Waals surface area (Å²) in [5.74, 6) is 0.839. The molecule has 0 amide bonds. The van der Waals surface area contributed by atoms with E-state index in [2.05, 4.69) is 41.5 Å². The molecule has 0 unspecified atom stereocenters. The van der Waals surface area contributed by atoms with Crippen molar-refractivity contribution < 1.29 is 0 Å². The number of nitrogens with zero attached hydrogens (tertiary/aromatic N) is 2. The van der Waals surface area contributed by atoms with Gasteiger partial charge in [-0.05, 0) is 45.6 Å². The molecular formula is C15H26ClIN4. The molecule has 21 heavy (non-hydrogen) atoms. The average molecular weight is 425 g/mol. The first-order valence-electron chi connectivity index (χ1n) is 7.03. The third-order valence-electron chi connectivity index (χ3n) is 2.78. The van der Waals surface area contributed by atoms with Crippen molar-refractivity contribution in [1.29, 1.82) is 0 Å². The summed E-state index contributed by atoms with van der Waals surface area (Å²) in [4.78, 5) is 6.73. The van der Waals surface area contributed by atoms with Crippen LogP contribution in [0.15, 0.2) is 29.3 Å². The lowest BCUT2D eigenvalue weighted by molar-refractivity contribution is 0.399. The van der Waals surface area contributed by atoms with Gasteiger partial charge >= 0.3 is 0 Å². The monoisotopic (exact) mass is 424 g/mol. The molecule has 0 saturated carbocycles. The summed E-state index contributed by atoms with van der Waals surface area (Å²) in [7, 11) is 4.16. The molecule has 120 valence electrons. The van der Waals surface area contributed by atoms with Crippen LogP contribution in [-0.2, 0) is 6.54 Å². The largest absolute Gasteiger partial charge is 0.357 e. The maximum Gasteiger partial charge on any atom is 0.191 e. The fraction of sp³-hybridized carbons (Fsp3) is 0.533. The van der Waals surface area contributed by atoms with Gasteiger partial charge in [-0.1, -0.05) is 29.8 Å². The molecule has 0 bridgehead atoms. The second-order valence-electron chi connectivity index (χ2n) is 4.87. The third kappa shape index (κ3) is 9.16. The molecule has 0 aliphatic heterocycles. The summed E-state index contributed by atoms with van der Waals surface area (Å²) in [5, 5.41) is 7.34. The first kappa shape index (κ1) is 20.5. The summed E-state index contributed by atoms with van der Waals surface area (Å²) >= 11 is 6.13. The molecule has 2 N–H and O–H groups in total. The number of guanidine groups is 1. The van der Waals surface area contributed by atoms with E-state index in [1.54, 1.807) is 0 Å². The third-order valence-corrected chi connectivity index (χ3v) is 3.15. The lowest BCUT2D eigenvalue weighted by Gasteiger charge is -2.13. The zero-order valence-corrected chi connectivity index (χ0v) is 16.1. The van der Waals surface area contributed by atoms with E-state index in [0.29, 0.717) is 6.54 Å². The summed E-state index contributed by atoms with van der Waals surface area (Å²) in [6.07, 6.45) is 1.09. The van der Waals surface area contributed by atoms with Crippen molar-refractivity contribution in [1.82, 2.24) is 15.5 Å². The SMILES string of the molecule is CCNC(=NCc1ccccc1Cl)NCCCN(C)C.I. The van der Waals surface area contributed by atoms with Crippen molar-refractivity contribution in [3.8, 4) is 0 Å². The molecule has 0 aliphatic carbocycles. The lowest BCUT2D eigenvalue weighted by atomic mass is 10.2. The molecule has 0 heterocycles. The molecule has 0 aromatic heterocycles. The molecule has 1 aromatic rings. The number of halogens is 2. The van der Waals surface area contributed by atoms with Crippen LogP contribution in [0.25, 0.3) is 0 Å². The van der Waals surface area contributed by atoms with Crippen LogP contribution in [0.2, 0.25) is 5.02 Å². The second kappa shape index (κ2) is 12.1. The molecular weight excluding hydrogens is 399 g/mol. The van der Waals surface area contributed by atoms with Crippen molar-refractivity contribution in [2.24, 2.45) is 4.99 Å². The van der Waals surface area contributed by atoms with Crippen LogP contribution in [0.4, 0.5) is 0 Å². The quantitative estimate of drug-likeness (QED) is 0.306. The van der Waals surface area contributed by atoms with Gasteiger partial charge in [-0.25, -0.2) is 4.99 Å². The molecule has 1 rings (SSSR count). The van der Waals surface area contributed by atoms with Crippen molar-refractivity contribution in [3.05, 3.63) is 34.9 Å². The average Bonchev–Trinajstić information content (AvgIpc) is 2.42. The highest BCUT2D eigenvalue weighted by Gasteiger charge is 2.00. The van der Waals surface area contributed by atoms with Gasteiger partial charge in [-0.3, -0.25) is 0 Å². The van der Waals surface area contributed by atoms with Gasteiger partial charge in [0.2, 0.25) is 0 Å². The van der Waals surface area contributed by atoms with Crippen molar-refractivity contribution in [3.63, 3.8) is 0 Å². The van der Waals surface area contributed by atoms with Gasteiger partial charge in [-0.15, -0.1) is 24.0 Å². The Morgan fingerprint density at radius 3 is 2.57 bits per heavy atom. The van der Waals surface area contributed by atoms with E-state index in [1.807, 2.05) is 24.3 Å². The number of rotatable bonds is 7. The van der Waals surface area contributed by atoms with E-state index in [9.17, 15) is 0 Å². The summed E-state index contributed by atoms with van der Waals surface area (Å²) in [6.45, 7) is 5.47. The van der Waals surface area contributed by atoms with E-state index in [-0.39, 0.29) is 24.0 Å². The second-order valence-corrected chi connectivity index (χ2v) is 5.28. The Morgan fingerprint density at radius 1 is 1.24 bits per heavy atom. The molecule has 4 nitrogen and oxygen atoms in total. The van der Waals surface area contributed by atoms with E-state index in [0.717, 1.165) is 42.6 Å². The van der Waals surface area contributed by atoms with Crippen molar-refractivity contribution >= 4 is 41.5 Å². The predicted molar refractivity (Wildman–Crippen MR) is 103 cm³/mol. The van der Waals surface area contributed by atoms with Gasteiger partial charge in [0.1, 0.15) is 0 Å². The predicted octanol–water partition coefficient (Wildman–Crippen LogP) is 2.96. The number of aliphatic imine (C=N–C) groups is 1. The summed E-state index contributed by atoms with van der Waals surface area (Å²) < 4.78 is 0. The highest BCUT2D eigenvalue weighted by atomic mass is 127. The Hall–Kier alpha value is -0.530. The Balaban J connectivity index is 0.00000400. The fourth-order valence-corrected chi connectivity index (χ4v) is 1.93. The maximum absolute atomic E-state index is 6.13. The molecule has 0 spiro atoms. The fourth-order valence-electron chi connectivity index (χ4n) is 1.73. The Labute approximate surface area is 150 Å². The van der Waals surface area contributed by atoms with Crippen LogP contribution in [0.3, 0.4) is 0 Å². The molecule has 0 saturated heterocycles. The Morgan fingerprint density at radius 2 is 1.95 bits per heavy atom. The van der Waals surface area contributed by atoms with Crippen molar-refractivity contribution in [2.45, 2.75) is 19.9 Å². The Kier molecular flexibility index (Phi) is 11.8. The van der Waals surface area contributed by atoms with E-state index < -0.39 is 0 Å². The molecule has 0 atom stereocenters. The van der Waals surface area contributed by atoms with Gasteiger partial charge in [0.25, 0.3) is 0 Å². The normalized spacial score (nSPS) is 11.2. The molecule has 0 radical (unpaired) electrons. The first-order valence-corrected chi connectivity index (χ1v) is 7.41. The van der Waals surface area contributed by atoms with Crippen LogP contribution >= 0.6 is 35.6 Å².